The van der Waals surface area contributed by atoms with Crippen LogP contribution in [0.15, 0.2) is 54.7 Å². The van der Waals surface area contributed by atoms with E-state index >= 15 is 0 Å². The van der Waals surface area contributed by atoms with Gasteiger partial charge >= 0.3 is 6.03 Å². The van der Waals surface area contributed by atoms with Gasteiger partial charge in [0.25, 0.3) is 0 Å². The van der Waals surface area contributed by atoms with Crippen LogP contribution in [0.25, 0.3) is 0 Å². The van der Waals surface area contributed by atoms with E-state index in [-0.39, 0.29) is 24.2 Å². The number of amides is 2. The number of rotatable bonds is 7. The van der Waals surface area contributed by atoms with Gasteiger partial charge in [-0.15, -0.1) is 0 Å². The molecule has 3 rings (SSSR count). The van der Waals surface area contributed by atoms with Crippen LogP contribution in [0.5, 0.6) is 0 Å². The zero-order valence-corrected chi connectivity index (χ0v) is 17.8. The third-order valence-corrected chi connectivity index (χ3v) is 4.73. The third kappa shape index (κ3) is 5.43. The molecule has 160 valence electrons. The molecule has 0 unspecified atom stereocenters. The third-order valence-electron chi connectivity index (χ3n) is 4.73. The SMILES string of the molecule is COCc1nc(NC(=O)N[C@H](C)c2ccccc2)cc(N)c1C(=N)c1ccnc(C)c1. The molecule has 0 saturated carbocycles. The topological polar surface area (TPSA) is 126 Å². The average Bonchev–Trinajstić information content (AvgIpc) is 2.74. The number of nitrogens with zero attached hydrogens (tertiary/aromatic N) is 2. The van der Waals surface area contributed by atoms with Crippen molar-refractivity contribution in [3.63, 3.8) is 0 Å². The molecule has 1 aromatic carbocycles. The second kappa shape index (κ2) is 9.82. The molecule has 0 spiro atoms. The fraction of sp³-hybridized carbons (Fsp3) is 0.217. The summed E-state index contributed by atoms with van der Waals surface area (Å²) in [6.45, 7) is 3.90. The number of hydrogen-bond acceptors (Lipinski definition) is 6. The van der Waals surface area contributed by atoms with Gasteiger partial charge in [-0.2, -0.15) is 0 Å². The minimum absolute atomic E-state index is 0.142. The van der Waals surface area contributed by atoms with E-state index in [1.54, 1.807) is 18.3 Å². The second-order valence-corrected chi connectivity index (χ2v) is 7.14. The van der Waals surface area contributed by atoms with Gasteiger partial charge in [0.2, 0.25) is 0 Å². The van der Waals surface area contributed by atoms with E-state index in [0.717, 1.165) is 11.3 Å². The fourth-order valence-corrected chi connectivity index (χ4v) is 3.23. The van der Waals surface area contributed by atoms with Crippen LogP contribution in [0.2, 0.25) is 0 Å². The summed E-state index contributed by atoms with van der Waals surface area (Å²) >= 11 is 0. The highest BCUT2D eigenvalue weighted by atomic mass is 16.5. The van der Waals surface area contributed by atoms with E-state index in [0.29, 0.717) is 22.5 Å². The number of carbonyl (C=O) groups excluding carboxylic acids is 1. The van der Waals surface area contributed by atoms with Crippen molar-refractivity contribution < 1.29 is 9.53 Å². The van der Waals surface area contributed by atoms with Crippen molar-refractivity contribution in [2.45, 2.75) is 26.5 Å². The largest absolute Gasteiger partial charge is 0.398 e. The molecule has 2 aromatic heterocycles. The molecule has 1 atom stereocenters. The van der Waals surface area contributed by atoms with Gasteiger partial charge < -0.3 is 15.8 Å². The number of pyridine rings is 2. The summed E-state index contributed by atoms with van der Waals surface area (Å²) in [5.74, 6) is 0.282. The van der Waals surface area contributed by atoms with E-state index in [1.807, 2.05) is 50.2 Å². The number of hydrogen-bond donors (Lipinski definition) is 4. The lowest BCUT2D eigenvalue weighted by Gasteiger charge is -2.17. The molecule has 0 saturated heterocycles. The molecule has 0 bridgehead atoms. The van der Waals surface area contributed by atoms with Crippen LogP contribution in [0.4, 0.5) is 16.3 Å². The number of nitrogens with two attached hydrogens (primary N) is 1. The van der Waals surface area contributed by atoms with Gasteiger partial charge in [-0.05, 0) is 31.5 Å². The summed E-state index contributed by atoms with van der Waals surface area (Å²) in [6.07, 6.45) is 1.65. The van der Waals surface area contributed by atoms with Crippen LogP contribution in [-0.2, 0) is 11.3 Å². The molecule has 0 radical (unpaired) electrons. The predicted molar refractivity (Wildman–Crippen MR) is 121 cm³/mol. The molecule has 2 amide bonds. The van der Waals surface area contributed by atoms with E-state index in [9.17, 15) is 4.79 Å². The van der Waals surface area contributed by atoms with Crippen LogP contribution in [0, 0.1) is 12.3 Å². The van der Waals surface area contributed by atoms with Crippen molar-refractivity contribution in [1.82, 2.24) is 15.3 Å². The molecule has 5 N–H and O–H groups in total. The normalized spacial score (nSPS) is 11.6. The maximum absolute atomic E-state index is 12.5. The number of urea groups is 1. The lowest BCUT2D eigenvalue weighted by Crippen LogP contribution is -2.31. The first-order valence-corrected chi connectivity index (χ1v) is 9.81. The summed E-state index contributed by atoms with van der Waals surface area (Å²) in [5.41, 5.74) is 10.2. The zero-order valence-electron chi connectivity index (χ0n) is 17.8. The van der Waals surface area contributed by atoms with E-state index in [2.05, 4.69) is 20.6 Å². The zero-order chi connectivity index (χ0) is 22.4. The monoisotopic (exact) mass is 418 g/mol. The molecular weight excluding hydrogens is 392 g/mol. The molecule has 2 heterocycles. The Morgan fingerprint density at radius 1 is 1.23 bits per heavy atom. The number of benzene rings is 1. The first-order valence-electron chi connectivity index (χ1n) is 9.81. The standard InChI is InChI=1S/C23H26N6O2/c1-14-11-17(9-10-26-14)22(25)21-18(24)12-20(28-19(21)13-31-3)29-23(30)27-15(2)16-7-5-4-6-8-16/h4-12,15,25H,13H2,1-3H3,(H4,24,27,28,29,30)/t15-/m1/s1. The number of aromatic nitrogens is 2. The molecule has 8 heteroatoms. The van der Waals surface area contributed by atoms with E-state index in [1.165, 1.54) is 7.11 Å². The number of ether oxygens (including phenoxy) is 1. The summed E-state index contributed by atoms with van der Waals surface area (Å²) in [4.78, 5) is 21.1. The molecule has 0 aliphatic carbocycles. The van der Waals surface area contributed by atoms with Crippen LogP contribution in [-0.4, -0.2) is 28.8 Å². The number of methoxy groups -OCH3 is 1. The number of anilines is 2. The lowest BCUT2D eigenvalue weighted by atomic mass is 9.99. The smallest absolute Gasteiger partial charge is 0.320 e. The molecule has 3 aromatic rings. The Morgan fingerprint density at radius 3 is 2.65 bits per heavy atom. The number of aryl methyl sites for hydroxylation is 1. The highest BCUT2D eigenvalue weighted by Gasteiger charge is 2.18. The van der Waals surface area contributed by atoms with Gasteiger partial charge in [0.15, 0.2) is 0 Å². The van der Waals surface area contributed by atoms with Gasteiger partial charge in [-0.3, -0.25) is 15.7 Å². The molecule has 31 heavy (non-hydrogen) atoms. The first kappa shape index (κ1) is 21.9. The van der Waals surface area contributed by atoms with Crippen molar-refractivity contribution in [2.75, 3.05) is 18.2 Å². The Labute approximate surface area is 181 Å². The maximum atomic E-state index is 12.5. The van der Waals surface area contributed by atoms with Crippen LogP contribution in [0.3, 0.4) is 0 Å². The van der Waals surface area contributed by atoms with Crippen LogP contribution < -0.4 is 16.4 Å². The van der Waals surface area contributed by atoms with E-state index < -0.39 is 6.03 Å². The Bertz CT molecular complexity index is 1080. The highest BCUT2D eigenvalue weighted by molar-refractivity contribution is 6.14. The summed E-state index contributed by atoms with van der Waals surface area (Å²) < 4.78 is 5.26. The molecule has 0 fully saturated rings. The summed E-state index contributed by atoms with van der Waals surface area (Å²) in [5, 5.41) is 14.2. The molecular formula is C23H26N6O2. The number of nitrogen functional groups attached to an aromatic ring is 1. The lowest BCUT2D eigenvalue weighted by molar-refractivity contribution is 0.181. The first-order chi connectivity index (χ1) is 14.9. The van der Waals surface area contributed by atoms with Gasteiger partial charge in [-0.1, -0.05) is 30.3 Å². The van der Waals surface area contributed by atoms with Gasteiger partial charge in [-0.25, -0.2) is 9.78 Å². The van der Waals surface area contributed by atoms with Crippen molar-refractivity contribution >= 4 is 23.2 Å². The van der Waals surface area contributed by atoms with E-state index in [4.69, 9.17) is 15.9 Å². The number of carbonyl (C=O) groups is 1. The van der Waals surface area contributed by atoms with Crippen molar-refractivity contribution in [3.8, 4) is 0 Å². The fourth-order valence-electron chi connectivity index (χ4n) is 3.23. The minimum atomic E-state index is -0.404. The quantitative estimate of drug-likeness (QED) is 0.434. The van der Waals surface area contributed by atoms with Gasteiger partial charge in [0.05, 0.1) is 24.1 Å². The van der Waals surface area contributed by atoms with Gasteiger partial charge in [0.1, 0.15) is 5.82 Å². The summed E-state index contributed by atoms with van der Waals surface area (Å²) in [6, 6.07) is 14.2. The summed E-state index contributed by atoms with van der Waals surface area (Å²) in [7, 11) is 1.54. The Kier molecular flexibility index (Phi) is 6.94. The molecule has 0 aliphatic heterocycles. The van der Waals surface area contributed by atoms with Gasteiger partial charge in [0, 0.05) is 41.9 Å². The Balaban J connectivity index is 1.82. The van der Waals surface area contributed by atoms with Crippen molar-refractivity contribution in [2.24, 2.45) is 0 Å². The van der Waals surface area contributed by atoms with Crippen LogP contribution >= 0.6 is 0 Å². The van der Waals surface area contributed by atoms with Crippen molar-refractivity contribution in [3.05, 3.63) is 82.8 Å². The Hall–Kier alpha value is -3.78. The maximum Gasteiger partial charge on any atom is 0.320 e. The predicted octanol–water partition coefficient (Wildman–Crippen LogP) is 3.81. The molecule has 0 aliphatic rings. The second-order valence-electron chi connectivity index (χ2n) is 7.14. The Morgan fingerprint density at radius 2 is 1.97 bits per heavy atom. The van der Waals surface area contributed by atoms with Crippen molar-refractivity contribution in [1.29, 1.82) is 5.41 Å². The van der Waals surface area contributed by atoms with Crippen LogP contribution in [0.1, 0.15) is 41.0 Å². The minimum Gasteiger partial charge on any atom is -0.398 e. The number of nitrogens with one attached hydrogen (secondary N) is 3. The molecule has 8 nitrogen and oxygen atoms in total. The highest BCUT2D eigenvalue weighted by Crippen LogP contribution is 2.24. The average molecular weight is 419 g/mol.